The second-order valence-corrected chi connectivity index (χ2v) is 19.7. The molecule has 2 aromatic carbocycles. The summed E-state index contributed by atoms with van der Waals surface area (Å²) < 4.78 is 11.0. The molecule has 276 valence electrons. The summed E-state index contributed by atoms with van der Waals surface area (Å²) in [7, 11) is 0. The molecule has 0 saturated heterocycles. The normalized spacial score (nSPS) is 12.7. The highest BCUT2D eigenvalue weighted by atomic mass is 32.2. The van der Waals surface area contributed by atoms with Crippen LogP contribution in [-0.4, -0.2) is 52.0 Å². The van der Waals surface area contributed by atoms with Crippen molar-refractivity contribution in [2.45, 2.75) is 143 Å². The number of carbonyl (C=O) groups excluding carboxylic acids is 2. The average molecular weight is 717 g/mol. The Morgan fingerprint density at radius 3 is 1.10 bits per heavy atom. The Kier molecular flexibility index (Phi) is 16.0. The second-order valence-electron chi connectivity index (χ2n) is 17.2. The van der Waals surface area contributed by atoms with E-state index in [0.29, 0.717) is 49.1 Å². The zero-order valence-electron chi connectivity index (χ0n) is 32.4. The molecule has 0 aliphatic heterocycles. The Balaban J connectivity index is 1.62. The number of esters is 2. The Hall–Kier alpha value is -2.32. The summed E-state index contributed by atoms with van der Waals surface area (Å²) in [4.78, 5) is 24.5. The van der Waals surface area contributed by atoms with Crippen LogP contribution in [0.5, 0.6) is 11.5 Å². The minimum absolute atomic E-state index is 0.170. The van der Waals surface area contributed by atoms with Crippen LogP contribution in [0.25, 0.3) is 0 Å². The maximum absolute atomic E-state index is 12.3. The zero-order valence-corrected chi connectivity index (χ0v) is 34.1. The first-order valence-electron chi connectivity index (χ1n) is 17.7. The first-order valence-corrected chi connectivity index (χ1v) is 20.0. The first kappa shape index (κ1) is 42.8. The van der Waals surface area contributed by atoms with Crippen molar-refractivity contribution in [2.24, 2.45) is 0 Å². The number of phenolic OH excluding ortho intramolecular Hbond substituents is 2. The Bertz CT molecular complexity index is 1210. The maximum atomic E-state index is 12.3. The van der Waals surface area contributed by atoms with Gasteiger partial charge in [0.05, 0.1) is 26.1 Å². The number of aryl methyl sites for hydroxylation is 2. The highest BCUT2D eigenvalue weighted by Gasteiger charge is 2.28. The number of carbonyl (C=O) groups is 2. The molecule has 0 unspecified atom stereocenters. The molecule has 0 heterocycles. The number of benzene rings is 2. The van der Waals surface area contributed by atoms with Crippen LogP contribution in [0.1, 0.15) is 142 Å². The molecule has 0 saturated carbocycles. The van der Waals surface area contributed by atoms with E-state index in [1.807, 2.05) is 0 Å². The molecule has 0 aliphatic carbocycles. The summed E-state index contributed by atoms with van der Waals surface area (Å²) in [6.07, 6.45) is 3.76. The number of ether oxygens (including phenoxy) is 2. The number of hydrogen-bond acceptors (Lipinski definition) is 8. The predicted molar refractivity (Wildman–Crippen MR) is 209 cm³/mol. The molecule has 0 aliphatic rings. The number of hydrogen-bond donors (Lipinski definition) is 2. The molecule has 0 atom stereocenters. The molecule has 8 heteroatoms. The summed E-state index contributed by atoms with van der Waals surface area (Å²) in [6, 6.07) is 8.35. The van der Waals surface area contributed by atoms with Gasteiger partial charge in [0.15, 0.2) is 0 Å². The summed E-state index contributed by atoms with van der Waals surface area (Å²) in [5.41, 5.74) is 5.42. The third kappa shape index (κ3) is 14.4. The van der Waals surface area contributed by atoms with Gasteiger partial charge in [0, 0.05) is 16.6 Å². The highest BCUT2D eigenvalue weighted by Crippen LogP contribution is 2.41. The molecule has 49 heavy (non-hydrogen) atoms. The van der Waals surface area contributed by atoms with Crippen molar-refractivity contribution < 1.29 is 29.3 Å². The van der Waals surface area contributed by atoms with E-state index in [2.05, 4.69) is 107 Å². The lowest BCUT2D eigenvalue weighted by Crippen LogP contribution is -2.18. The van der Waals surface area contributed by atoms with Crippen LogP contribution in [0.3, 0.4) is 0 Å². The average Bonchev–Trinajstić information content (AvgIpc) is 2.95. The Labute approximate surface area is 305 Å². The zero-order chi connectivity index (χ0) is 37.2. The lowest BCUT2D eigenvalue weighted by atomic mass is 9.78. The molecule has 0 fully saturated rings. The van der Waals surface area contributed by atoms with Crippen LogP contribution in [0.4, 0.5) is 0 Å². The van der Waals surface area contributed by atoms with Gasteiger partial charge in [0.25, 0.3) is 0 Å². The van der Waals surface area contributed by atoms with Gasteiger partial charge in [-0.15, -0.1) is 0 Å². The summed E-state index contributed by atoms with van der Waals surface area (Å²) in [6.45, 7) is 26.1. The minimum Gasteiger partial charge on any atom is -0.507 e. The van der Waals surface area contributed by atoms with Gasteiger partial charge in [0.1, 0.15) is 11.5 Å². The van der Waals surface area contributed by atoms with Crippen LogP contribution in [-0.2, 0) is 53.6 Å². The van der Waals surface area contributed by atoms with Gasteiger partial charge in [0.2, 0.25) is 0 Å². The topological polar surface area (TPSA) is 93.1 Å². The molecule has 2 rings (SSSR count). The van der Waals surface area contributed by atoms with E-state index >= 15 is 0 Å². The van der Waals surface area contributed by atoms with Crippen LogP contribution >= 0.6 is 23.5 Å². The van der Waals surface area contributed by atoms with Crippen molar-refractivity contribution in [3.8, 4) is 11.5 Å². The fraction of sp³-hybridized carbons (Fsp3) is 0.659. The van der Waals surface area contributed by atoms with Crippen LogP contribution in [0, 0.1) is 0 Å². The van der Waals surface area contributed by atoms with E-state index in [-0.39, 0.29) is 33.6 Å². The van der Waals surface area contributed by atoms with Gasteiger partial charge in [-0.25, -0.2) is 0 Å². The number of rotatable bonds is 16. The van der Waals surface area contributed by atoms with E-state index in [4.69, 9.17) is 9.47 Å². The van der Waals surface area contributed by atoms with Crippen molar-refractivity contribution in [2.75, 3.05) is 29.8 Å². The van der Waals surface area contributed by atoms with E-state index < -0.39 is 0 Å². The minimum atomic E-state index is -0.186. The molecule has 0 spiro atoms. The quantitative estimate of drug-likeness (QED) is 0.101. The standard InChI is InChI=1S/C41H64O6S2/c1-38(2,3)30-23-28(24-31(36(30)44)39(4,5)6)15-13-19-46-34(42)17-21-48-27-49-22-18-35(43)47-20-14-16-29-25-32(40(7,8)9)37(45)33(26-29)41(10,11)12/h23-26,44-45H,13-22,27H2,1-12H3. The van der Waals surface area contributed by atoms with Gasteiger partial charge >= 0.3 is 11.9 Å². The molecule has 6 nitrogen and oxygen atoms in total. The van der Waals surface area contributed by atoms with E-state index in [9.17, 15) is 19.8 Å². The van der Waals surface area contributed by atoms with E-state index in [1.54, 1.807) is 23.5 Å². The van der Waals surface area contributed by atoms with Gasteiger partial charge in [-0.3, -0.25) is 9.59 Å². The Morgan fingerprint density at radius 2 is 0.837 bits per heavy atom. The Morgan fingerprint density at radius 1 is 0.551 bits per heavy atom. The molecule has 0 aromatic heterocycles. The van der Waals surface area contributed by atoms with Crippen molar-refractivity contribution in [3.05, 3.63) is 57.6 Å². The van der Waals surface area contributed by atoms with Gasteiger partial charge in [-0.2, -0.15) is 23.5 Å². The van der Waals surface area contributed by atoms with Gasteiger partial charge in [-0.1, -0.05) is 107 Å². The largest absolute Gasteiger partial charge is 0.507 e. The van der Waals surface area contributed by atoms with Crippen molar-refractivity contribution >= 4 is 35.5 Å². The SMILES string of the molecule is CC(C)(C)c1cc(CCCOC(=O)CCSCSCCC(=O)OCCCc2cc(C(C)(C)C)c(O)c(C(C)(C)C)c2)cc(C(C)(C)C)c1O. The fourth-order valence-corrected chi connectivity index (χ4v) is 7.56. The molecule has 0 radical (unpaired) electrons. The lowest BCUT2D eigenvalue weighted by Gasteiger charge is -2.28. The van der Waals surface area contributed by atoms with Gasteiger partial charge < -0.3 is 19.7 Å². The van der Waals surface area contributed by atoms with Crippen molar-refractivity contribution in [1.82, 2.24) is 0 Å². The van der Waals surface area contributed by atoms with Gasteiger partial charge in [-0.05, 0) is 80.7 Å². The van der Waals surface area contributed by atoms with Crippen molar-refractivity contribution in [1.29, 1.82) is 0 Å². The number of aromatic hydroxyl groups is 2. The smallest absolute Gasteiger partial charge is 0.306 e. The van der Waals surface area contributed by atoms with Crippen LogP contribution in [0.15, 0.2) is 24.3 Å². The summed E-state index contributed by atoms with van der Waals surface area (Å²) in [5.74, 6) is 1.76. The van der Waals surface area contributed by atoms with Crippen LogP contribution < -0.4 is 0 Å². The first-order chi connectivity index (χ1) is 22.5. The van der Waals surface area contributed by atoms with E-state index in [1.165, 1.54) is 0 Å². The molecule has 0 bridgehead atoms. The number of thioether (sulfide) groups is 2. The maximum Gasteiger partial charge on any atom is 0.306 e. The summed E-state index contributed by atoms with van der Waals surface area (Å²) in [5, 5.41) is 22.7. The van der Waals surface area contributed by atoms with E-state index in [0.717, 1.165) is 64.1 Å². The lowest BCUT2D eigenvalue weighted by molar-refractivity contribution is -0.144. The monoisotopic (exact) mass is 716 g/mol. The predicted octanol–water partition coefficient (Wildman–Crippen LogP) is 10.1. The molecule has 2 aromatic rings. The fourth-order valence-electron chi connectivity index (χ4n) is 5.52. The molecule has 2 N–H and O–H groups in total. The molecule has 0 amide bonds. The molecular formula is C41H64O6S2. The second kappa shape index (κ2) is 18.3. The third-order valence-corrected chi connectivity index (χ3v) is 10.7. The van der Waals surface area contributed by atoms with Crippen molar-refractivity contribution in [3.63, 3.8) is 0 Å². The number of phenols is 2. The summed E-state index contributed by atoms with van der Waals surface area (Å²) >= 11 is 3.34. The van der Waals surface area contributed by atoms with Crippen LogP contribution in [0.2, 0.25) is 0 Å². The highest BCUT2D eigenvalue weighted by molar-refractivity contribution is 8.15. The molecular weight excluding hydrogens is 653 g/mol. The third-order valence-electron chi connectivity index (χ3n) is 8.38.